The van der Waals surface area contributed by atoms with Gasteiger partial charge in [-0.1, -0.05) is 6.92 Å². The Labute approximate surface area is 111 Å². The first-order valence-electron chi connectivity index (χ1n) is 6.78. The molecule has 0 aliphatic carbocycles. The van der Waals surface area contributed by atoms with E-state index in [-0.39, 0.29) is 11.8 Å². The highest BCUT2D eigenvalue weighted by molar-refractivity contribution is 7.89. The minimum absolute atomic E-state index is 0.107. The van der Waals surface area contributed by atoms with Crippen LogP contribution in [0.3, 0.4) is 0 Å². The summed E-state index contributed by atoms with van der Waals surface area (Å²) < 4.78 is 26.8. The number of nitrogens with zero attached hydrogens (tertiary/aromatic N) is 1. The number of hydrogen-bond acceptors (Lipinski definition) is 4. The van der Waals surface area contributed by atoms with Crippen LogP contribution < -0.4 is 10.0 Å². The number of rotatable bonds is 7. The van der Waals surface area contributed by atoms with E-state index in [1.165, 1.54) is 0 Å². The monoisotopic (exact) mass is 277 g/mol. The summed E-state index contributed by atoms with van der Waals surface area (Å²) in [6.45, 7) is 4.92. The molecular formula is C12H27N3O2S. The molecule has 108 valence electrons. The van der Waals surface area contributed by atoms with Gasteiger partial charge in [-0.3, -0.25) is 0 Å². The molecule has 1 aliphatic rings. The van der Waals surface area contributed by atoms with Gasteiger partial charge in [-0.05, 0) is 52.4 Å². The van der Waals surface area contributed by atoms with Gasteiger partial charge in [0, 0.05) is 12.6 Å². The van der Waals surface area contributed by atoms with Crippen LogP contribution in [0.2, 0.25) is 0 Å². The Balaban J connectivity index is 2.35. The molecule has 0 aromatic heterocycles. The molecule has 2 unspecified atom stereocenters. The lowest BCUT2D eigenvalue weighted by Crippen LogP contribution is -2.49. The lowest BCUT2D eigenvalue weighted by atomic mass is 9.95. The van der Waals surface area contributed by atoms with Crippen LogP contribution in [0.1, 0.15) is 26.2 Å². The Morgan fingerprint density at radius 2 is 2.06 bits per heavy atom. The van der Waals surface area contributed by atoms with Gasteiger partial charge in [-0.2, -0.15) is 0 Å². The number of nitrogens with one attached hydrogen (secondary N) is 2. The fourth-order valence-corrected chi connectivity index (χ4v) is 3.93. The molecule has 0 bridgehead atoms. The first-order chi connectivity index (χ1) is 8.44. The van der Waals surface area contributed by atoms with Crippen LogP contribution in [-0.2, 0) is 10.0 Å². The molecule has 1 saturated heterocycles. The average Bonchev–Trinajstić information content (AvgIpc) is 2.28. The molecule has 6 heteroatoms. The van der Waals surface area contributed by atoms with Crippen molar-refractivity contribution in [1.29, 1.82) is 0 Å². The topological polar surface area (TPSA) is 61.4 Å². The summed E-state index contributed by atoms with van der Waals surface area (Å²) >= 11 is 0. The van der Waals surface area contributed by atoms with Crippen molar-refractivity contribution in [3.05, 3.63) is 0 Å². The maximum Gasteiger partial charge on any atom is 0.211 e. The highest BCUT2D eigenvalue weighted by Gasteiger charge is 2.27. The number of hydrogen-bond donors (Lipinski definition) is 2. The smallest absolute Gasteiger partial charge is 0.211 e. The van der Waals surface area contributed by atoms with Crippen molar-refractivity contribution in [3.63, 3.8) is 0 Å². The van der Waals surface area contributed by atoms with Gasteiger partial charge in [0.2, 0.25) is 10.0 Å². The van der Waals surface area contributed by atoms with Gasteiger partial charge in [-0.25, -0.2) is 13.1 Å². The summed E-state index contributed by atoms with van der Waals surface area (Å²) in [4.78, 5) is 2.25. The first-order valence-corrected chi connectivity index (χ1v) is 8.43. The van der Waals surface area contributed by atoms with E-state index in [9.17, 15) is 8.42 Å². The van der Waals surface area contributed by atoms with E-state index in [0.717, 1.165) is 38.9 Å². The minimum atomic E-state index is -3.11. The van der Waals surface area contributed by atoms with Crippen LogP contribution in [0.15, 0.2) is 0 Å². The van der Waals surface area contributed by atoms with Crippen LogP contribution in [0.5, 0.6) is 0 Å². The summed E-state index contributed by atoms with van der Waals surface area (Å²) in [5.41, 5.74) is 0. The Bertz CT molecular complexity index is 332. The summed E-state index contributed by atoms with van der Waals surface area (Å²) in [6.07, 6.45) is 2.53. The number of piperidine rings is 1. The molecule has 1 aliphatic heterocycles. The van der Waals surface area contributed by atoms with Crippen molar-refractivity contribution < 1.29 is 8.42 Å². The average molecular weight is 277 g/mol. The molecule has 0 spiro atoms. The van der Waals surface area contributed by atoms with Crippen LogP contribution in [0, 0.1) is 5.92 Å². The number of unbranched alkanes of at least 4 members (excludes halogenated alkanes) is 1. The minimum Gasteiger partial charge on any atom is -0.320 e. The molecule has 18 heavy (non-hydrogen) atoms. The van der Waals surface area contributed by atoms with Crippen LogP contribution in [0.25, 0.3) is 0 Å². The predicted octanol–water partition coefficient (Wildman–Crippen LogP) is 0.246. The zero-order valence-electron chi connectivity index (χ0n) is 11.8. The quantitative estimate of drug-likeness (QED) is 0.655. The van der Waals surface area contributed by atoms with Crippen molar-refractivity contribution in [2.45, 2.75) is 32.2 Å². The maximum atomic E-state index is 11.9. The molecule has 1 fully saturated rings. The van der Waals surface area contributed by atoms with E-state index in [2.05, 4.69) is 28.9 Å². The third-order valence-corrected chi connectivity index (χ3v) is 5.02. The molecule has 0 aromatic rings. The van der Waals surface area contributed by atoms with Crippen LogP contribution in [0.4, 0.5) is 0 Å². The second kappa shape index (κ2) is 7.43. The lowest BCUT2D eigenvalue weighted by Gasteiger charge is -2.34. The molecule has 2 atom stereocenters. The largest absolute Gasteiger partial charge is 0.320 e. The van der Waals surface area contributed by atoms with Gasteiger partial charge in [0.25, 0.3) is 0 Å². The zero-order valence-corrected chi connectivity index (χ0v) is 12.6. The molecule has 0 radical (unpaired) electrons. The van der Waals surface area contributed by atoms with Crippen molar-refractivity contribution in [1.82, 2.24) is 14.9 Å². The van der Waals surface area contributed by atoms with Gasteiger partial charge >= 0.3 is 0 Å². The highest BCUT2D eigenvalue weighted by Crippen LogP contribution is 2.16. The van der Waals surface area contributed by atoms with Crippen LogP contribution in [-0.4, -0.2) is 58.8 Å². The molecule has 1 rings (SSSR count). The Morgan fingerprint density at radius 3 is 2.67 bits per heavy atom. The zero-order chi connectivity index (χ0) is 13.6. The molecule has 5 nitrogen and oxygen atoms in total. The Kier molecular flexibility index (Phi) is 6.55. The summed E-state index contributed by atoms with van der Waals surface area (Å²) in [5, 5.41) is 3.03. The SMILES string of the molecule is CNCCCCS(=O)(=O)NC1CCN(C)CC1C. The molecule has 0 aromatic carbocycles. The summed E-state index contributed by atoms with van der Waals surface area (Å²) in [6, 6.07) is 0.107. The number of likely N-dealkylation sites (tertiary alicyclic amines) is 1. The summed E-state index contributed by atoms with van der Waals surface area (Å²) in [5.74, 6) is 0.629. The third-order valence-electron chi connectivity index (χ3n) is 3.53. The van der Waals surface area contributed by atoms with E-state index in [1.807, 2.05) is 7.05 Å². The lowest BCUT2D eigenvalue weighted by molar-refractivity contribution is 0.188. The van der Waals surface area contributed by atoms with Gasteiger partial charge < -0.3 is 10.2 Å². The van der Waals surface area contributed by atoms with E-state index in [4.69, 9.17) is 0 Å². The van der Waals surface area contributed by atoms with Crippen molar-refractivity contribution in [3.8, 4) is 0 Å². The molecule has 2 N–H and O–H groups in total. The third kappa shape index (κ3) is 5.65. The molecule has 0 saturated carbocycles. The van der Waals surface area contributed by atoms with Gasteiger partial charge in [-0.15, -0.1) is 0 Å². The van der Waals surface area contributed by atoms with Crippen molar-refractivity contribution in [2.75, 3.05) is 39.5 Å². The second-order valence-electron chi connectivity index (χ2n) is 5.38. The van der Waals surface area contributed by atoms with Crippen molar-refractivity contribution >= 4 is 10.0 Å². The Hall–Kier alpha value is -0.170. The van der Waals surface area contributed by atoms with Crippen LogP contribution >= 0.6 is 0 Å². The fourth-order valence-electron chi connectivity index (χ4n) is 2.41. The maximum absolute atomic E-state index is 11.9. The number of sulfonamides is 1. The Morgan fingerprint density at radius 1 is 1.33 bits per heavy atom. The predicted molar refractivity (Wildman–Crippen MR) is 75.1 cm³/mol. The second-order valence-corrected chi connectivity index (χ2v) is 7.26. The van der Waals surface area contributed by atoms with E-state index < -0.39 is 10.0 Å². The van der Waals surface area contributed by atoms with Gasteiger partial charge in [0.05, 0.1) is 5.75 Å². The first kappa shape index (κ1) is 15.9. The normalized spacial score (nSPS) is 26.4. The molecule has 0 amide bonds. The standard InChI is InChI=1S/C12H27N3O2S/c1-11-10-15(3)8-6-12(11)14-18(16,17)9-5-4-7-13-2/h11-14H,4-10H2,1-3H3. The van der Waals surface area contributed by atoms with Gasteiger partial charge in [0.1, 0.15) is 0 Å². The van der Waals surface area contributed by atoms with Crippen molar-refractivity contribution in [2.24, 2.45) is 5.92 Å². The van der Waals surface area contributed by atoms with E-state index >= 15 is 0 Å². The van der Waals surface area contributed by atoms with Gasteiger partial charge in [0.15, 0.2) is 0 Å². The van der Waals surface area contributed by atoms with E-state index in [1.54, 1.807) is 0 Å². The fraction of sp³-hybridized carbons (Fsp3) is 1.00. The molecular weight excluding hydrogens is 250 g/mol. The van der Waals surface area contributed by atoms with E-state index in [0.29, 0.717) is 5.92 Å². The summed E-state index contributed by atoms with van der Waals surface area (Å²) in [7, 11) is 0.856. The molecule has 1 heterocycles. The highest BCUT2D eigenvalue weighted by atomic mass is 32.2.